The van der Waals surface area contributed by atoms with Gasteiger partial charge in [0.2, 0.25) is 0 Å². The minimum absolute atomic E-state index is 1.14. The van der Waals surface area contributed by atoms with Crippen molar-refractivity contribution in [3.8, 4) is 61.6 Å². The maximum Gasteiger partial charge on any atom is 0.0641 e. The molecule has 0 spiro atoms. The van der Waals surface area contributed by atoms with Gasteiger partial charge in [-0.3, -0.25) is 0 Å². The predicted molar refractivity (Wildman–Crippen MR) is 291 cm³/mol. The number of rotatable bonds is 7. The standard InChI is InChI=1S/C66H43N3/c1-4-20-44(21-5-1)47-26-18-27-49(42-47)67-57-33-14-11-29-51(57)53-39-41-63-65(66(53)67)55-31-13-17-36-60(55)68(63)58-34-15-10-28-50(58)52-32-19-37-62-64(52)54-30-12-16-35-59(54)69(62)61-40-38-48(45-22-6-2-7-23-45)43-56(61)46-24-8-3-9-25-46/h1-43H. The molecule has 0 saturated carbocycles. The zero-order chi connectivity index (χ0) is 45.4. The number of fused-ring (bicyclic) bond motifs is 10. The quantitative estimate of drug-likeness (QED) is 0.152. The largest absolute Gasteiger partial charge is 0.309 e. The molecule has 3 heteroatoms. The first-order valence-corrected chi connectivity index (χ1v) is 23.8. The smallest absolute Gasteiger partial charge is 0.0641 e. The molecule has 14 aromatic rings. The van der Waals surface area contributed by atoms with Crippen LogP contribution in [0.25, 0.3) is 127 Å². The lowest BCUT2D eigenvalue weighted by Gasteiger charge is -2.17. The fourth-order valence-corrected chi connectivity index (χ4v) is 11.3. The van der Waals surface area contributed by atoms with Crippen molar-refractivity contribution < 1.29 is 0 Å². The van der Waals surface area contributed by atoms with Gasteiger partial charge in [0.1, 0.15) is 0 Å². The molecule has 0 aliphatic heterocycles. The zero-order valence-electron chi connectivity index (χ0n) is 37.7. The Labute approximate surface area is 399 Å². The molecule has 11 aromatic carbocycles. The van der Waals surface area contributed by atoms with Crippen LogP contribution in [0.5, 0.6) is 0 Å². The summed E-state index contributed by atoms with van der Waals surface area (Å²) in [5, 5.41) is 7.39. The van der Waals surface area contributed by atoms with E-state index in [-0.39, 0.29) is 0 Å². The van der Waals surface area contributed by atoms with Crippen LogP contribution in [0.3, 0.4) is 0 Å². The van der Waals surface area contributed by atoms with Gasteiger partial charge in [-0.05, 0) is 94.0 Å². The number of nitrogens with zero attached hydrogens (tertiary/aromatic N) is 3. The SMILES string of the molecule is c1ccc(-c2cccc(-n3c4ccccc4c4ccc5c(c6ccccc6n5-c5ccccc5-c5cccc6c5c5ccccc5n6-c5ccc(-c6ccccc6)cc5-c5ccccc5)c43)c2)cc1. The molecule has 0 unspecified atom stereocenters. The number of hydrogen-bond donors (Lipinski definition) is 0. The molecule has 0 radical (unpaired) electrons. The van der Waals surface area contributed by atoms with Crippen molar-refractivity contribution >= 4 is 65.4 Å². The van der Waals surface area contributed by atoms with Crippen LogP contribution in [0.1, 0.15) is 0 Å². The van der Waals surface area contributed by atoms with E-state index in [1.165, 1.54) is 110 Å². The Morgan fingerprint density at radius 2 is 0.696 bits per heavy atom. The van der Waals surface area contributed by atoms with Gasteiger partial charge in [-0.25, -0.2) is 0 Å². The van der Waals surface area contributed by atoms with Gasteiger partial charge in [0, 0.05) is 49.1 Å². The van der Waals surface area contributed by atoms with Crippen molar-refractivity contribution in [2.45, 2.75) is 0 Å². The summed E-state index contributed by atoms with van der Waals surface area (Å²) in [6.07, 6.45) is 0. The van der Waals surface area contributed by atoms with E-state index in [1.54, 1.807) is 0 Å². The topological polar surface area (TPSA) is 14.8 Å². The molecule has 0 fully saturated rings. The Morgan fingerprint density at radius 1 is 0.217 bits per heavy atom. The first kappa shape index (κ1) is 39.0. The molecule has 0 aliphatic carbocycles. The van der Waals surface area contributed by atoms with Gasteiger partial charge in [-0.1, -0.05) is 200 Å². The summed E-state index contributed by atoms with van der Waals surface area (Å²) in [5.41, 5.74) is 20.0. The van der Waals surface area contributed by atoms with Gasteiger partial charge >= 0.3 is 0 Å². The molecular weight excluding hydrogens is 835 g/mol. The zero-order valence-corrected chi connectivity index (χ0v) is 37.7. The van der Waals surface area contributed by atoms with Crippen LogP contribution in [0.4, 0.5) is 0 Å². The maximum atomic E-state index is 2.51. The van der Waals surface area contributed by atoms with E-state index >= 15 is 0 Å². The van der Waals surface area contributed by atoms with Crippen molar-refractivity contribution in [3.63, 3.8) is 0 Å². The molecule has 3 nitrogen and oxygen atoms in total. The highest BCUT2D eigenvalue weighted by Crippen LogP contribution is 2.46. The lowest BCUT2D eigenvalue weighted by atomic mass is 9.97. The van der Waals surface area contributed by atoms with Crippen LogP contribution in [-0.2, 0) is 0 Å². The van der Waals surface area contributed by atoms with Crippen molar-refractivity contribution in [2.75, 3.05) is 0 Å². The summed E-state index contributed by atoms with van der Waals surface area (Å²) in [6, 6.07) is 95.4. The minimum Gasteiger partial charge on any atom is -0.309 e. The molecule has 3 heterocycles. The Bertz CT molecular complexity index is 4290. The van der Waals surface area contributed by atoms with Crippen molar-refractivity contribution in [2.24, 2.45) is 0 Å². The Morgan fingerprint density at radius 3 is 1.39 bits per heavy atom. The summed E-state index contributed by atoms with van der Waals surface area (Å²) >= 11 is 0. The molecule has 69 heavy (non-hydrogen) atoms. The van der Waals surface area contributed by atoms with Crippen LogP contribution < -0.4 is 0 Å². The molecule has 14 rings (SSSR count). The average molecular weight is 878 g/mol. The van der Waals surface area contributed by atoms with Gasteiger partial charge in [-0.2, -0.15) is 0 Å². The predicted octanol–water partition coefficient (Wildman–Crippen LogP) is 17.6. The highest BCUT2D eigenvalue weighted by Gasteiger charge is 2.24. The Hall–Kier alpha value is -9.18. The van der Waals surface area contributed by atoms with Crippen LogP contribution in [0.2, 0.25) is 0 Å². The van der Waals surface area contributed by atoms with Crippen molar-refractivity contribution in [3.05, 3.63) is 261 Å². The maximum absolute atomic E-state index is 2.51. The summed E-state index contributed by atoms with van der Waals surface area (Å²) < 4.78 is 7.49. The Balaban J connectivity index is 1.02. The van der Waals surface area contributed by atoms with Gasteiger partial charge in [-0.15, -0.1) is 0 Å². The summed E-state index contributed by atoms with van der Waals surface area (Å²) in [4.78, 5) is 0. The minimum atomic E-state index is 1.14. The number of para-hydroxylation sites is 4. The third kappa shape index (κ3) is 6.07. The molecule has 322 valence electrons. The molecule has 0 atom stereocenters. The second kappa shape index (κ2) is 15.7. The highest BCUT2D eigenvalue weighted by molar-refractivity contribution is 6.26. The monoisotopic (exact) mass is 877 g/mol. The molecule has 0 N–H and O–H groups in total. The first-order chi connectivity index (χ1) is 34.3. The third-order valence-electron chi connectivity index (χ3n) is 14.2. The fourth-order valence-electron chi connectivity index (χ4n) is 11.3. The Kier molecular flexibility index (Phi) is 8.90. The third-order valence-corrected chi connectivity index (χ3v) is 14.2. The normalized spacial score (nSPS) is 11.8. The van der Waals surface area contributed by atoms with Crippen LogP contribution in [0, 0.1) is 0 Å². The van der Waals surface area contributed by atoms with E-state index in [9.17, 15) is 0 Å². The highest BCUT2D eigenvalue weighted by atomic mass is 15.0. The lowest BCUT2D eigenvalue weighted by Crippen LogP contribution is -1.99. The van der Waals surface area contributed by atoms with Crippen LogP contribution in [-0.4, -0.2) is 13.7 Å². The number of benzene rings is 11. The van der Waals surface area contributed by atoms with E-state index in [0.29, 0.717) is 0 Å². The van der Waals surface area contributed by atoms with E-state index in [1.807, 2.05) is 0 Å². The first-order valence-electron chi connectivity index (χ1n) is 23.8. The van der Waals surface area contributed by atoms with Gasteiger partial charge < -0.3 is 13.7 Å². The van der Waals surface area contributed by atoms with E-state index in [0.717, 1.165) is 17.1 Å². The summed E-state index contributed by atoms with van der Waals surface area (Å²) in [5.74, 6) is 0. The second-order valence-corrected chi connectivity index (χ2v) is 18.0. The number of aromatic nitrogens is 3. The second-order valence-electron chi connectivity index (χ2n) is 18.0. The molecule has 0 bridgehead atoms. The van der Waals surface area contributed by atoms with Crippen LogP contribution in [0.15, 0.2) is 261 Å². The van der Waals surface area contributed by atoms with E-state index < -0.39 is 0 Å². The molecule has 0 saturated heterocycles. The van der Waals surface area contributed by atoms with Gasteiger partial charge in [0.15, 0.2) is 0 Å². The van der Waals surface area contributed by atoms with Crippen molar-refractivity contribution in [1.82, 2.24) is 13.7 Å². The van der Waals surface area contributed by atoms with E-state index in [4.69, 9.17) is 0 Å². The van der Waals surface area contributed by atoms with E-state index in [2.05, 4.69) is 275 Å². The van der Waals surface area contributed by atoms with Gasteiger partial charge in [0.25, 0.3) is 0 Å². The average Bonchev–Trinajstić information content (AvgIpc) is 4.07. The molecule has 3 aromatic heterocycles. The summed E-state index contributed by atoms with van der Waals surface area (Å²) in [7, 11) is 0. The molecule has 0 aliphatic rings. The summed E-state index contributed by atoms with van der Waals surface area (Å²) in [6.45, 7) is 0. The van der Waals surface area contributed by atoms with Crippen LogP contribution >= 0.6 is 0 Å². The number of hydrogen-bond acceptors (Lipinski definition) is 0. The fraction of sp³-hybridized carbons (Fsp3) is 0. The van der Waals surface area contributed by atoms with Crippen molar-refractivity contribution in [1.29, 1.82) is 0 Å². The van der Waals surface area contributed by atoms with Gasteiger partial charge in [0.05, 0.1) is 44.5 Å². The molecule has 0 amide bonds. The molecular formula is C66H43N3. The lowest BCUT2D eigenvalue weighted by molar-refractivity contribution is 1.17.